The largest absolute Gasteiger partial charge is 0.356 e. The Labute approximate surface area is 200 Å². The minimum absolute atomic E-state index is 0.0776. The van der Waals surface area contributed by atoms with E-state index < -0.39 is 0 Å². The number of carbonyl (C=O) groups excluding carboxylic acids is 1. The Balaban J connectivity index is 1.26. The van der Waals surface area contributed by atoms with Crippen LogP contribution in [0.3, 0.4) is 0 Å². The number of halogens is 1. The summed E-state index contributed by atoms with van der Waals surface area (Å²) in [5.74, 6) is 1.34. The van der Waals surface area contributed by atoms with Crippen molar-refractivity contribution in [3.05, 3.63) is 94.4 Å². The molecule has 0 spiro atoms. The second-order valence-electron chi connectivity index (χ2n) is 8.34. The first kappa shape index (κ1) is 20.6. The van der Waals surface area contributed by atoms with Crippen LogP contribution in [-0.2, 0) is 13.0 Å². The predicted octanol–water partition coefficient (Wildman–Crippen LogP) is 5.24. The first-order chi connectivity index (χ1) is 16.6. The molecule has 0 atom stereocenters. The lowest BCUT2D eigenvalue weighted by atomic mass is 10.00. The third kappa shape index (κ3) is 3.45. The summed E-state index contributed by atoms with van der Waals surface area (Å²) >= 11 is 6.01. The van der Waals surface area contributed by atoms with Crippen molar-refractivity contribution in [2.75, 3.05) is 6.54 Å². The highest BCUT2D eigenvalue weighted by molar-refractivity contribution is 6.30. The van der Waals surface area contributed by atoms with Crippen molar-refractivity contribution >= 4 is 28.4 Å². The molecule has 34 heavy (non-hydrogen) atoms. The van der Waals surface area contributed by atoms with Gasteiger partial charge in [-0.25, -0.2) is 9.67 Å². The van der Waals surface area contributed by atoms with Crippen molar-refractivity contribution in [1.29, 1.82) is 0 Å². The van der Waals surface area contributed by atoms with Crippen molar-refractivity contribution in [3.63, 3.8) is 0 Å². The number of aromatic nitrogens is 4. The maximum atomic E-state index is 13.4. The molecule has 6 rings (SSSR count). The number of amides is 1. The van der Waals surface area contributed by atoms with Gasteiger partial charge in [-0.05, 0) is 55.8 Å². The topological polar surface area (TPSA) is 77.0 Å². The maximum Gasteiger partial charge on any atom is 0.257 e. The molecule has 0 saturated carbocycles. The van der Waals surface area contributed by atoms with Gasteiger partial charge in [0.2, 0.25) is 0 Å². The highest BCUT2D eigenvalue weighted by atomic mass is 35.5. The van der Waals surface area contributed by atoms with Crippen LogP contribution in [-0.4, -0.2) is 37.3 Å². The van der Waals surface area contributed by atoms with E-state index in [1.807, 2.05) is 67.6 Å². The molecule has 3 aromatic heterocycles. The lowest BCUT2D eigenvalue weighted by molar-refractivity contribution is 0.0731. The lowest BCUT2D eigenvalue weighted by Crippen LogP contribution is -2.36. The Kier molecular flexibility index (Phi) is 4.92. The summed E-state index contributed by atoms with van der Waals surface area (Å²) in [6, 6.07) is 19.3. The zero-order valence-corrected chi connectivity index (χ0v) is 19.2. The summed E-state index contributed by atoms with van der Waals surface area (Å²) in [4.78, 5) is 19.9. The second-order valence-corrected chi connectivity index (χ2v) is 8.77. The van der Waals surface area contributed by atoms with Gasteiger partial charge in [-0.2, -0.15) is 5.10 Å². The van der Waals surface area contributed by atoms with Gasteiger partial charge in [0.1, 0.15) is 5.69 Å². The van der Waals surface area contributed by atoms with Crippen LogP contribution in [0.4, 0.5) is 0 Å². The highest BCUT2D eigenvalue weighted by Crippen LogP contribution is 2.31. The van der Waals surface area contributed by atoms with E-state index in [4.69, 9.17) is 21.1 Å². The number of para-hydroxylation sites is 1. The maximum absolute atomic E-state index is 13.4. The van der Waals surface area contributed by atoms with Crippen LogP contribution in [0.15, 0.2) is 71.4 Å². The Morgan fingerprint density at radius 3 is 2.74 bits per heavy atom. The molecule has 4 heterocycles. The van der Waals surface area contributed by atoms with Gasteiger partial charge in [0, 0.05) is 28.1 Å². The van der Waals surface area contributed by atoms with Gasteiger partial charge in [-0.15, -0.1) is 0 Å². The quantitative estimate of drug-likeness (QED) is 0.361. The minimum atomic E-state index is -0.0776. The van der Waals surface area contributed by atoms with Gasteiger partial charge in [0.05, 0.1) is 29.5 Å². The number of carbonyl (C=O) groups is 1. The number of hydrogen-bond acceptors (Lipinski definition) is 5. The van der Waals surface area contributed by atoms with Gasteiger partial charge in [0.25, 0.3) is 5.91 Å². The molecule has 0 saturated heterocycles. The lowest BCUT2D eigenvalue weighted by Gasteiger charge is -2.26. The summed E-state index contributed by atoms with van der Waals surface area (Å²) in [7, 11) is 0. The van der Waals surface area contributed by atoms with Crippen LogP contribution in [0.2, 0.25) is 5.02 Å². The van der Waals surface area contributed by atoms with Crippen LogP contribution in [0, 0.1) is 6.92 Å². The summed E-state index contributed by atoms with van der Waals surface area (Å²) in [6.07, 6.45) is 2.29. The van der Waals surface area contributed by atoms with Crippen LogP contribution in [0.25, 0.3) is 28.0 Å². The molecular weight excluding hydrogens is 450 g/mol. The molecule has 0 bridgehead atoms. The van der Waals surface area contributed by atoms with E-state index >= 15 is 0 Å². The molecular formula is C26H20ClN5O2. The fourth-order valence-corrected chi connectivity index (χ4v) is 4.55. The summed E-state index contributed by atoms with van der Waals surface area (Å²) in [5.41, 5.74) is 4.94. The third-order valence-corrected chi connectivity index (χ3v) is 6.53. The number of pyridine rings is 1. The van der Waals surface area contributed by atoms with E-state index in [1.165, 1.54) is 0 Å². The van der Waals surface area contributed by atoms with E-state index in [2.05, 4.69) is 10.3 Å². The van der Waals surface area contributed by atoms with Gasteiger partial charge in [-0.3, -0.25) is 4.79 Å². The molecule has 7 nitrogen and oxygen atoms in total. The van der Waals surface area contributed by atoms with Crippen molar-refractivity contribution in [2.45, 2.75) is 19.9 Å². The minimum Gasteiger partial charge on any atom is -0.356 e. The summed E-state index contributed by atoms with van der Waals surface area (Å²) in [5, 5.41) is 10.4. The normalized spacial score (nSPS) is 13.3. The molecule has 1 aliphatic heterocycles. The fourth-order valence-electron chi connectivity index (χ4n) is 4.43. The third-order valence-electron chi connectivity index (χ3n) is 6.28. The average Bonchev–Trinajstić information content (AvgIpc) is 3.47. The molecule has 2 aromatic carbocycles. The SMILES string of the molecule is Cc1c(C(=O)N2CCc3c(noc3-c3ccc(Cl)cc3)C2)cnn1-c1ccc2ccccc2n1. The Hall–Kier alpha value is -3.97. The van der Waals surface area contributed by atoms with Gasteiger partial charge < -0.3 is 9.42 Å². The molecule has 1 aliphatic rings. The first-order valence-electron chi connectivity index (χ1n) is 11.0. The van der Waals surface area contributed by atoms with Crippen molar-refractivity contribution in [2.24, 2.45) is 0 Å². The van der Waals surface area contributed by atoms with E-state index in [-0.39, 0.29) is 5.91 Å². The smallest absolute Gasteiger partial charge is 0.257 e. The Bertz CT molecular complexity index is 1540. The molecule has 0 unspecified atom stereocenters. The number of nitrogens with zero attached hydrogens (tertiary/aromatic N) is 5. The molecule has 0 aliphatic carbocycles. The molecule has 1 amide bonds. The van der Waals surface area contributed by atoms with Crippen LogP contribution in [0.1, 0.15) is 27.3 Å². The summed E-state index contributed by atoms with van der Waals surface area (Å²) in [6.45, 7) is 2.86. The molecule has 0 fully saturated rings. The van der Waals surface area contributed by atoms with Crippen molar-refractivity contribution in [1.82, 2.24) is 24.8 Å². The second kappa shape index (κ2) is 8.11. The molecule has 168 valence electrons. The standard InChI is InChI=1S/C26H20ClN5O2/c1-16-21(14-28-32(16)24-11-8-17-4-2-3-5-22(17)29-24)26(33)31-13-12-20-23(15-31)30-34-25(20)18-6-9-19(27)10-7-18/h2-11,14H,12-13,15H2,1H3. The number of fused-ring (bicyclic) bond motifs is 2. The Morgan fingerprint density at radius 2 is 1.88 bits per heavy atom. The van der Waals surface area contributed by atoms with E-state index in [9.17, 15) is 4.79 Å². The molecule has 8 heteroatoms. The van der Waals surface area contributed by atoms with Gasteiger partial charge in [0.15, 0.2) is 11.6 Å². The summed E-state index contributed by atoms with van der Waals surface area (Å²) < 4.78 is 7.35. The number of rotatable bonds is 3. The van der Waals surface area contributed by atoms with Crippen molar-refractivity contribution in [3.8, 4) is 17.1 Å². The molecule has 0 radical (unpaired) electrons. The van der Waals surface area contributed by atoms with E-state index in [0.29, 0.717) is 35.9 Å². The first-order valence-corrected chi connectivity index (χ1v) is 11.4. The monoisotopic (exact) mass is 469 g/mol. The van der Waals surface area contributed by atoms with Crippen molar-refractivity contribution < 1.29 is 9.32 Å². The number of benzene rings is 2. The van der Waals surface area contributed by atoms with Crippen LogP contribution >= 0.6 is 11.6 Å². The average molecular weight is 470 g/mol. The molecule has 5 aromatic rings. The Morgan fingerprint density at radius 1 is 1.06 bits per heavy atom. The van der Waals surface area contributed by atoms with Crippen LogP contribution in [0.5, 0.6) is 0 Å². The van der Waals surface area contributed by atoms with E-state index in [1.54, 1.807) is 15.8 Å². The van der Waals surface area contributed by atoms with E-state index in [0.717, 1.165) is 39.2 Å². The zero-order chi connectivity index (χ0) is 23.2. The molecule has 0 N–H and O–H groups in total. The van der Waals surface area contributed by atoms with Gasteiger partial charge >= 0.3 is 0 Å². The highest BCUT2D eigenvalue weighted by Gasteiger charge is 2.29. The van der Waals surface area contributed by atoms with Crippen LogP contribution < -0.4 is 0 Å². The zero-order valence-electron chi connectivity index (χ0n) is 18.4. The predicted molar refractivity (Wildman–Crippen MR) is 129 cm³/mol. The fraction of sp³-hybridized carbons (Fsp3) is 0.154. The number of hydrogen-bond donors (Lipinski definition) is 0. The van der Waals surface area contributed by atoms with Gasteiger partial charge in [-0.1, -0.05) is 35.0 Å².